The zero-order valence-corrected chi connectivity index (χ0v) is 24.5. The summed E-state index contributed by atoms with van der Waals surface area (Å²) in [4.78, 5) is 28.2. The van der Waals surface area contributed by atoms with Crippen molar-refractivity contribution in [3.63, 3.8) is 0 Å². The van der Waals surface area contributed by atoms with Crippen LogP contribution < -0.4 is 9.62 Å². The minimum Gasteiger partial charge on any atom is -0.352 e. The minimum absolute atomic E-state index is 0.0322. The van der Waals surface area contributed by atoms with Crippen LogP contribution in [0.4, 0.5) is 5.69 Å². The van der Waals surface area contributed by atoms with Crippen LogP contribution in [0.3, 0.4) is 0 Å². The number of halogens is 2. The van der Waals surface area contributed by atoms with E-state index in [0.29, 0.717) is 27.7 Å². The van der Waals surface area contributed by atoms with Gasteiger partial charge in [-0.25, -0.2) is 8.42 Å². The van der Waals surface area contributed by atoms with Gasteiger partial charge in [0, 0.05) is 35.6 Å². The number of sulfonamides is 1. The number of benzene rings is 2. The van der Waals surface area contributed by atoms with Crippen molar-refractivity contribution in [3.05, 3.63) is 63.6 Å². The molecule has 0 aromatic heterocycles. The number of hydrogen-bond donors (Lipinski definition) is 1. The van der Waals surface area contributed by atoms with E-state index in [2.05, 4.69) is 5.32 Å². The Bertz CT molecular complexity index is 1190. The molecule has 0 heterocycles. The molecular weight excluding hydrogens is 533 g/mol. The smallest absolute Gasteiger partial charge is 0.243 e. The highest BCUT2D eigenvalue weighted by Gasteiger charge is 2.30. The number of carbonyl (C=O) groups excluding carboxylic acids is 2. The van der Waals surface area contributed by atoms with Crippen molar-refractivity contribution in [2.45, 2.75) is 72.0 Å². The Hall–Kier alpha value is -2.29. The largest absolute Gasteiger partial charge is 0.352 e. The predicted octanol–water partition coefficient (Wildman–Crippen LogP) is 5.57. The molecule has 0 fully saturated rings. The molecule has 0 aliphatic heterocycles. The molecule has 2 atom stereocenters. The number of carbonyl (C=O) groups is 2. The highest BCUT2D eigenvalue weighted by Crippen LogP contribution is 2.25. The third-order valence-electron chi connectivity index (χ3n) is 6.18. The molecule has 10 heteroatoms. The fourth-order valence-corrected chi connectivity index (χ4v) is 5.41. The first-order valence-corrected chi connectivity index (χ1v) is 15.1. The summed E-state index contributed by atoms with van der Waals surface area (Å²) in [5.41, 5.74) is 2.16. The summed E-state index contributed by atoms with van der Waals surface area (Å²) in [7, 11) is -3.55. The van der Waals surface area contributed by atoms with Crippen molar-refractivity contribution in [2.75, 3.05) is 17.1 Å². The van der Waals surface area contributed by atoms with Crippen LogP contribution in [0.5, 0.6) is 0 Å². The van der Waals surface area contributed by atoms with Crippen LogP contribution >= 0.6 is 23.2 Å². The van der Waals surface area contributed by atoms with E-state index in [4.69, 9.17) is 23.2 Å². The van der Waals surface area contributed by atoms with Gasteiger partial charge in [-0.05, 0) is 68.5 Å². The van der Waals surface area contributed by atoms with Crippen molar-refractivity contribution in [1.82, 2.24) is 10.2 Å². The van der Waals surface area contributed by atoms with Gasteiger partial charge >= 0.3 is 0 Å². The van der Waals surface area contributed by atoms with Gasteiger partial charge in [-0.2, -0.15) is 0 Å². The summed E-state index contributed by atoms with van der Waals surface area (Å²) in [6.07, 6.45) is 2.68. The number of nitrogens with zero attached hydrogens (tertiary/aromatic N) is 2. The number of aryl methyl sites for hydroxylation is 1. The molecule has 0 bridgehead atoms. The van der Waals surface area contributed by atoms with Crippen LogP contribution in [-0.2, 0) is 26.2 Å². The zero-order valence-electron chi connectivity index (χ0n) is 22.1. The quantitative estimate of drug-likeness (QED) is 0.341. The van der Waals surface area contributed by atoms with Gasteiger partial charge in [0.05, 0.1) is 11.9 Å². The van der Waals surface area contributed by atoms with E-state index < -0.39 is 16.1 Å². The highest BCUT2D eigenvalue weighted by molar-refractivity contribution is 7.92. The molecule has 2 unspecified atom stereocenters. The molecule has 2 amide bonds. The van der Waals surface area contributed by atoms with E-state index >= 15 is 0 Å². The lowest BCUT2D eigenvalue weighted by Crippen LogP contribution is -2.50. The zero-order chi connectivity index (χ0) is 27.8. The van der Waals surface area contributed by atoms with E-state index in [1.807, 2.05) is 33.8 Å². The summed E-state index contributed by atoms with van der Waals surface area (Å²) in [6.45, 7) is 7.91. The lowest BCUT2D eigenvalue weighted by Gasteiger charge is -2.32. The van der Waals surface area contributed by atoms with Gasteiger partial charge in [-0.1, -0.05) is 55.2 Å². The van der Waals surface area contributed by atoms with Gasteiger partial charge in [-0.15, -0.1) is 0 Å². The van der Waals surface area contributed by atoms with Crippen LogP contribution in [-0.4, -0.2) is 50.0 Å². The van der Waals surface area contributed by atoms with E-state index in [0.717, 1.165) is 18.2 Å². The fraction of sp³-hybridized carbons (Fsp3) is 0.481. The molecule has 7 nitrogen and oxygen atoms in total. The molecule has 1 N–H and O–H groups in total. The average Bonchev–Trinajstić information content (AvgIpc) is 2.81. The molecule has 2 aromatic rings. The molecular formula is C27H37Cl2N3O4S. The van der Waals surface area contributed by atoms with E-state index in [1.54, 1.807) is 36.4 Å². The van der Waals surface area contributed by atoms with Crippen molar-refractivity contribution in [3.8, 4) is 0 Å². The topological polar surface area (TPSA) is 86.8 Å². The van der Waals surface area contributed by atoms with Crippen LogP contribution in [0.25, 0.3) is 0 Å². The van der Waals surface area contributed by atoms with Gasteiger partial charge in [0.25, 0.3) is 0 Å². The lowest BCUT2D eigenvalue weighted by molar-refractivity contribution is -0.141. The first kappa shape index (κ1) is 30.9. The Kier molecular flexibility index (Phi) is 11.7. The summed E-state index contributed by atoms with van der Waals surface area (Å²) in [5, 5.41) is 3.86. The molecule has 0 spiro atoms. The normalized spacial score (nSPS) is 13.1. The number of amides is 2. The first-order valence-electron chi connectivity index (χ1n) is 12.5. The number of nitrogens with one attached hydrogen (secondary N) is 1. The first-order chi connectivity index (χ1) is 17.4. The fourth-order valence-electron chi connectivity index (χ4n) is 3.98. The van der Waals surface area contributed by atoms with Gasteiger partial charge in [0.2, 0.25) is 21.8 Å². The Morgan fingerprint density at radius 2 is 1.76 bits per heavy atom. The van der Waals surface area contributed by atoms with Crippen molar-refractivity contribution in [1.29, 1.82) is 0 Å². The molecule has 0 saturated carbocycles. The second-order valence-corrected chi connectivity index (χ2v) is 12.0. The molecule has 2 rings (SSSR count). The maximum Gasteiger partial charge on any atom is 0.243 e. The Morgan fingerprint density at radius 3 is 2.32 bits per heavy atom. The third kappa shape index (κ3) is 9.20. The van der Waals surface area contributed by atoms with Gasteiger partial charge < -0.3 is 10.2 Å². The van der Waals surface area contributed by atoms with Gasteiger partial charge in [0.15, 0.2) is 0 Å². The maximum atomic E-state index is 13.5. The van der Waals surface area contributed by atoms with E-state index in [-0.39, 0.29) is 43.8 Å². The maximum absolute atomic E-state index is 13.5. The number of anilines is 1. The number of rotatable bonds is 13. The minimum atomic E-state index is -3.55. The van der Waals surface area contributed by atoms with Crippen LogP contribution in [0.2, 0.25) is 10.0 Å². The summed E-state index contributed by atoms with van der Waals surface area (Å²) >= 11 is 12.4. The third-order valence-corrected chi connectivity index (χ3v) is 7.97. The molecule has 0 radical (unpaired) electrons. The molecule has 37 heavy (non-hydrogen) atoms. The van der Waals surface area contributed by atoms with E-state index in [1.165, 1.54) is 9.21 Å². The van der Waals surface area contributed by atoms with Crippen LogP contribution in [0.15, 0.2) is 42.5 Å². The molecule has 0 aliphatic rings. The standard InChI is InChI=1S/C27H37Cl2N3O4S/c1-6-20(4)30-27(34)25(7-2)31(18-21-13-14-22(28)17-24(21)29)26(33)12-9-15-32(37(5,35)36)23-11-8-10-19(3)16-23/h8,10-11,13-14,16-17,20,25H,6-7,9,12,15,18H2,1-5H3,(H,30,34). The van der Waals surface area contributed by atoms with Crippen LogP contribution in [0, 0.1) is 6.92 Å². The summed E-state index contributed by atoms with van der Waals surface area (Å²) < 4.78 is 26.3. The van der Waals surface area contributed by atoms with Crippen molar-refractivity contribution in [2.24, 2.45) is 0 Å². The number of hydrogen-bond acceptors (Lipinski definition) is 4. The highest BCUT2D eigenvalue weighted by atomic mass is 35.5. The molecule has 0 aliphatic carbocycles. The monoisotopic (exact) mass is 569 g/mol. The molecule has 0 saturated heterocycles. The molecule has 204 valence electrons. The summed E-state index contributed by atoms with van der Waals surface area (Å²) in [6, 6.07) is 11.5. The van der Waals surface area contributed by atoms with Crippen LogP contribution in [0.1, 0.15) is 57.6 Å². The Balaban J connectivity index is 2.26. The Morgan fingerprint density at radius 1 is 1.05 bits per heavy atom. The SMILES string of the molecule is CCC(C)NC(=O)C(CC)N(Cc1ccc(Cl)cc1Cl)C(=O)CCCN(c1cccc(C)c1)S(C)(=O)=O. The predicted molar refractivity (Wildman–Crippen MR) is 152 cm³/mol. The van der Waals surface area contributed by atoms with Gasteiger partial charge in [-0.3, -0.25) is 13.9 Å². The Labute approximate surface area is 231 Å². The van der Waals surface area contributed by atoms with Crippen molar-refractivity contribution < 1.29 is 18.0 Å². The second kappa shape index (κ2) is 14.0. The van der Waals surface area contributed by atoms with Crippen molar-refractivity contribution >= 4 is 50.7 Å². The molecule has 2 aromatic carbocycles. The second-order valence-electron chi connectivity index (χ2n) is 9.28. The summed E-state index contributed by atoms with van der Waals surface area (Å²) in [5.74, 6) is -0.484. The average molecular weight is 571 g/mol. The lowest BCUT2D eigenvalue weighted by atomic mass is 10.1. The van der Waals surface area contributed by atoms with E-state index in [9.17, 15) is 18.0 Å². The van der Waals surface area contributed by atoms with Gasteiger partial charge in [0.1, 0.15) is 6.04 Å².